The Labute approximate surface area is 146 Å². The van der Waals surface area contributed by atoms with E-state index in [1.165, 1.54) is 30.6 Å². The average Bonchev–Trinajstić information content (AvgIpc) is 2.49. The van der Waals surface area contributed by atoms with Crippen molar-refractivity contribution in [2.24, 2.45) is 0 Å². The van der Waals surface area contributed by atoms with E-state index in [9.17, 15) is 14.7 Å². The standard InChI is InChI=1S/C18H34N2O4/c1-5-6-7-8-9-10-11-19-12-13-20(14-15(19)16(21)22)17(23)24-18(2,3)4/h15H,5-14H2,1-4H3,(H,21,22). The lowest BCUT2D eigenvalue weighted by Gasteiger charge is -2.39. The highest BCUT2D eigenvalue weighted by molar-refractivity contribution is 5.76. The van der Waals surface area contributed by atoms with Crippen molar-refractivity contribution in [3.8, 4) is 0 Å². The molecule has 0 radical (unpaired) electrons. The normalized spacial score (nSPS) is 19.3. The molecule has 140 valence electrons. The molecule has 0 aliphatic carbocycles. The number of carbonyl (C=O) groups excluding carboxylic acids is 1. The van der Waals surface area contributed by atoms with Crippen LogP contribution in [-0.2, 0) is 9.53 Å². The van der Waals surface area contributed by atoms with Gasteiger partial charge in [-0.05, 0) is 33.7 Å². The third kappa shape index (κ3) is 7.51. The number of hydrogen-bond acceptors (Lipinski definition) is 4. The highest BCUT2D eigenvalue weighted by Crippen LogP contribution is 2.16. The molecule has 24 heavy (non-hydrogen) atoms. The minimum absolute atomic E-state index is 0.195. The molecule has 6 heteroatoms. The van der Waals surface area contributed by atoms with Gasteiger partial charge in [-0.15, -0.1) is 0 Å². The first-order valence-electron chi connectivity index (χ1n) is 9.19. The van der Waals surface area contributed by atoms with Gasteiger partial charge in [0, 0.05) is 13.1 Å². The Morgan fingerprint density at radius 1 is 1.08 bits per heavy atom. The van der Waals surface area contributed by atoms with Crippen molar-refractivity contribution in [1.82, 2.24) is 9.80 Å². The third-order valence-corrected chi connectivity index (χ3v) is 4.23. The highest BCUT2D eigenvalue weighted by Gasteiger charge is 2.35. The van der Waals surface area contributed by atoms with Crippen LogP contribution in [0.1, 0.15) is 66.2 Å². The van der Waals surface area contributed by atoms with Crippen molar-refractivity contribution in [3.05, 3.63) is 0 Å². The number of carboxylic acids is 1. The number of amides is 1. The maximum Gasteiger partial charge on any atom is 0.410 e. The fraction of sp³-hybridized carbons (Fsp3) is 0.889. The zero-order chi connectivity index (χ0) is 18.2. The van der Waals surface area contributed by atoms with Gasteiger partial charge < -0.3 is 14.7 Å². The average molecular weight is 342 g/mol. The molecule has 0 aromatic rings. The maximum absolute atomic E-state index is 12.1. The first-order valence-corrected chi connectivity index (χ1v) is 9.19. The summed E-state index contributed by atoms with van der Waals surface area (Å²) in [5.41, 5.74) is -0.564. The van der Waals surface area contributed by atoms with Crippen molar-refractivity contribution in [2.45, 2.75) is 77.9 Å². The Morgan fingerprint density at radius 2 is 1.71 bits per heavy atom. The molecule has 1 aliphatic heterocycles. The predicted molar refractivity (Wildman–Crippen MR) is 94.2 cm³/mol. The Bertz CT molecular complexity index is 406. The van der Waals surface area contributed by atoms with E-state index in [0.29, 0.717) is 13.1 Å². The van der Waals surface area contributed by atoms with Crippen LogP contribution in [0, 0.1) is 0 Å². The van der Waals surface area contributed by atoms with E-state index < -0.39 is 23.7 Å². The van der Waals surface area contributed by atoms with E-state index in [1.807, 2.05) is 25.7 Å². The molecule has 0 aromatic carbocycles. The number of piperazine rings is 1. The quantitative estimate of drug-likeness (QED) is 0.685. The van der Waals surface area contributed by atoms with Crippen molar-refractivity contribution < 1.29 is 19.4 Å². The molecule has 1 unspecified atom stereocenters. The van der Waals surface area contributed by atoms with Gasteiger partial charge in [0.25, 0.3) is 0 Å². The van der Waals surface area contributed by atoms with E-state index in [-0.39, 0.29) is 6.54 Å². The Morgan fingerprint density at radius 3 is 2.29 bits per heavy atom. The predicted octanol–water partition coefficient (Wildman–Crippen LogP) is 3.35. The largest absolute Gasteiger partial charge is 0.480 e. The molecule has 0 aromatic heterocycles. The van der Waals surface area contributed by atoms with Gasteiger partial charge in [0.15, 0.2) is 0 Å². The summed E-state index contributed by atoms with van der Waals surface area (Å²) in [5.74, 6) is -0.866. The zero-order valence-corrected chi connectivity index (χ0v) is 15.7. The molecule has 1 N–H and O–H groups in total. The molecule has 1 aliphatic rings. The second-order valence-electron chi connectivity index (χ2n) is 7.58. The van der Waals surface area contributed by atoms with Crippen LogP contribution in [0.4, 0.5) is 4.79 Å². The maximum atomic E-state index is 12.1. The van der Waals surface area contributed by atoms with Gasteiger partial charge in [0.1, 0.15) is 11.6 Å². The fourth-order valence-electron chi connectivity index (χ4n) is 2.91. The van der Waals surface area contributed by atoms with Crippen LogP contribution in [-0.4, -0.2) is 64.8 Å². The van der Waals surface area contributed by atoms with Crippen LogP contribution in [0.2, 0.25) is 0 Å². The van der Waals surface area contributed by atoms with Crippen molar-refractivity contribution in [3.63, 3.8) is 0 Å². The van der Waals surface area contributed by atoms with Gasteiger partial charge in [0.2, 0.25) is 0 Å². The number of rotatable bonds is 8. The topological polar surface area (TPSA) is 70.1 Å². The molecule has 1 amide bonds. The second-order valence-corrected chi connectivity index (χ2v) is 7.58. The molecule has 1 rings (SSSR count). The Balaban J connectivity index is 2.45. The van der Waals surface area contributed by atoms with Crippen LogP contribution >= 0.6 is 0 Å². The van der Waals surface area contributed by atoms with Gasteiger partial charge in [-0.25, -0.2) is 4.79 Å². The number of nitrogens with zero attached hydrogens (tertiary/aromatic N) is 2. The van der Waals surface area contributed by atoms with Gasteiger partial charge >= 0.3 is 12.1 Å². The van der Waals surface area contributed by atoms with Crippen molar-refractivity contribution >= 4 is 12.1 Å². The number of unbranched alkanes of at least 4 members (excludes halogenated alkanes) is 5. The minimum Gasteiger partial charge on any atom is -0.480 e. The molecular weight excluding hydrogens is 308 g/mol. The summed E-state index contributed by atoms with van der Waals surface area (Å²) < 4.78 is 5.35. The number of carboxylic acid groups (broad SMARTS) is 1. The molecule has 1 saturated heterocycles. The Kier molecular flexibility index (Phi) is 8.53. The Hall–Kier alpha value is -1.30. The van der Waals surface area contributed by atoms with E-state index in [4.69, 9.17) is 4.74 Å². The van der Waals surface area contributed by atoms with Gasteiger partial charge in [-0.1, -0.05) is 39.0 Å². The molecule has 1 heterocycles. The van der Waals surface area contributed by atoms with E-state index in [0.717, 1.165) is 19.4 Å². The third-order valence-electron chi connectivity index (χ3n) is 4.23. The van der Waals surface area contributed by atoms with E-state index >= 15 is 0 Å². The number of aliphatic carboxylic acids is 1. The van der Waals surface area contributed by atoms with Crippen LogP contribution < -0.4 is 0 Å². The summed E-state index contributed by atoms with van der Waals surface area (Å²) in [6, 6.07) is -0.637. The van der Waals surface area contributed by atoms with Crippen molar-refractivity contribution in [2.75, 3.05) is 26.2 Å². The lowest BCUT2D eigenvalue weighted by atomic mass is 10.1. The van der Waals surface area contributed by atoms with E-state index in [1.54, 1.807) is 0 Å². The first-order chi connectivity index (χ1) is 11.2. The van der Waals surface area contributed by atoms with Crippen LogP contribution in [0.3, 0.4) is 0 Å². The second kappa shape index (κ2) is 9.87. The molecular formula is C18H34N2O4. The van der Waals surface area contributed by atoms with Crippen LogP contribution in [0.5, 0.6) is 0 Å². The summed E-state index contributed by atoms with van der Waals surface area (Å²) in [4.78, 5) is 27.2. The molecule has 1 atom stereocenters. The van der Waals surface area contributed by atoms with Crippen molar-refractivity contribution in [1.29, 1.82) is 0 Å². The molecule has 6 nitrogen and oxygen atoms in total. The number of carbonyl (C=O) groups is 2. The summed E-state index contributed by atoms with van der Waals surface area (Å²) in [6.07, 6.45) is 6.70. The number of hydrogen-bond donors (Lipinski definition) is 1. The summed E-state index contributed by atoms with van der Waals surface area (Å²) in [6.45, 7) is 9.73. The zero-order valence-electron chi connectivity index (χ0n) is 15.7. The van der Waals surface area contributed by atoms with Gasteiger partial charge in [0.05, 0.1) is 6.54 Å². The van der Waals surface area contributed by atoms with Gasteiger partial charge in [-0.3, -0.25) is 9.69 Å². The fourth-order valence-corrected chi connectivity index (χ4v) is 2.91. The van der Waals surface area contributed by atoms with Crippen LogP contribution in [0.15, 0.2) is 0 Å². The SMILES string of the molecule is CCCCCCCCN1CCN(C(=O)OC(C)(C)C)CC1C(=O)O. The lowest BCUT2D eigenvalue weighted by Crippen LogP contribution is -2.58. The summed E-state index contributed by atoms with van der Waals surface area (Å²) >= 11 is 0. The number of ether oxygens (including phenoxy) is 1. The minimum atomic E-state index is -0.866. The van der Waals surface area contributed by atoms with Crippen LogP contribution in [0.25, 0.3) is 0 Å². The smallest absolute Gasteiger partial charge is 0.410 e. The molecule has 1 fully saturated rings. The summed E-state index contributed by atoms with van der Waals surface area (Å²) in [5, 5.41) is 9.49. The first kappa shape index (κ1) is 20.7. The highest BCUT2D eigenvalue weighted by atomic mass is 16.6. The molecule has 0 saturated carbocycles. The van der Waals surface area contributed by atoms with Gasteiger partial charge in [-0.2, -0.15) is 0 Å². The summed E-state index contributed by atoms with van der Waals surface area (Å²) in [7, 11) is 0. The monoisotopic (exact) mass is 342 g/mol. The lowest BCUT2D eigenvalue weighted by molar-refractivity contribution is -0.145. The van der Waals surface area contributed by atoms with E-state index in [2.05, 4.69) is 6.92 Å². The molecule has 0 bridgehead atoms. The molecule has 0 spiro atoms.